The molecular formula is C21H36N2O2. The highest BCUT2D eigenvalue weighted by Gasteiger charge is 2.46. The van der Waals surface area contributed by atoms with Gasteiger partial charge in [0, 0.05) is 44.1 Å². The van der Waals surface area contributed by atoms with Gasteiger partial charge in [0.1, 0.15) is 0 Å². The first-order chi connectivity index (χ1) is 12.1. The van der Waals surface area contributed by atoms with Gasteiger partial charge >= 0.3 is 0 Å². The normalized spacial score (nSPS) is 33.0. The van der Waals surface area contributed by atoms with Crippen molar-refractivity contribution in [3.63, 3.8) is 0 Å². The molecule has 1 amide bonds. The van der Waals surface area contributed by atoms with E-state index in [0.717, 1.165) is 64.8 Å². The fourth-order valence-corrected chi connectivity index (χ4v) is 5.18. The van der Waals surface area contributed by atoms with Gasteiger partial charge in [0.25, 0.3) is 0 Å². The lowest BCUT2D eigenvalue weighted by Gasteiger charge is -2.51. The Morgan fingerprint density at radius 2 is 1.84 bits per heavy atom. The number of allylic oxidation sites excluding steroid dienone is 1. The van der Waals surface area contributed by atoms with Crippen LogP contribution < -0.4 is 0 Å². The third-order valence-corrected chi connectivity index (χ3v) is 6.69. The Bertz CT molecular complexity index is 471. The maximum atomic E-state index is 13.1. The maximum Gasteiger partial charge on any atom is 0.225 e. The molecule has 25 heavy (non-hydrogen) atoms. The summed E-state index contributed by atoms with van der Waals surface area (Å²) in [6.07, 6.45) is 14.1. The number of likely N-dealkylation sites (tertiary alicyclic amines) is 2. The van der Waals surface area contributed by atoms with Crippen LogP contribution in [0.25, 0.3) is 0 Å². The number of hydrogen-bond acceptors (Lipinski definition) is 3. The lowest BCUT2D eigenvalue weighted by molar-refractivity contribution is -0.145. The van der Waals surface area contributed by atoms with E-state index in [9.17, 15) is 9.90 Å². The van der Waals surface area contributed by atoms with Crippen molar-refractivity contribution in [2.24, 2.45) is 11.3 Å². The molecule has 0 radical (unpaired) electrons. The Labute approximate surface area is 153 Å². The minimum Gasteiger partial charge on any atom is -0.392 e. The van der Waals surface area contributed by atoms with Crippen LogP contribution in [0, 0.1) is 11.3 Å². The monoisotopic (exact) mass is 348 g/mol. The van der Waals surface area contributed by atoms with Crippen LogP contribution in [0.4, 0.5) is 0 Å². The standard InChI is InChI=1S/C21H36N2O2/c1-2-3-13-22-15-11-19(24)21(16-22)12-8-14-23(17-21)20(25)18-9-6-4-5-7-10-18/h2-3,18-19,24H,4-17H2,1H3/b3-2+/t19-,21-/m1/s1. The summed E-state index contributed by atoms with van der Waals surface area (Å²) in [5.74, 6) is 0.608. The average molecular weight is 349 g/mol. The lowest BCUT2D eigenvalue weighted by Crippen LogP contribution is -2.60. The first-order valence-corrected chi connectivity index (χ1v) is 10.4. The van der Waals surface area contributed by atoms with Crippen LogP contribution in [0.2, 0.25) is 0 Å². The predicted molar refractivity (Wildman–Crippen MR) is 101 cm³/mol. The number of carbonyl (C=O) groups is 1. The topological polar surface area (TPSA) is 43.8 Å². The van der Waals surface area contributed by atoms with Gasteiger partial charge in [0.05, 0.1) is 6.10 Å². The first-order valence-electron chi connectivity index (χ1n) is 10.4. The fraction of sp³-hybridized carbons (Fsp3) is 0.857. The summed E-state index contributed by atoms with van der Waals surface area (Å²) in [5, 5.41) is 10.8. The van der Waals surface area contributed by atoms with Crippen molar-refractivity contribution < 1.29 is 9.90 Å². The van der Waals surface area contributed by atoms with Crippen molar-refractivity contribution in [1.82, 2.24) is 9.80 Å². The van der Waals surface area contributed by atoms with E-state index in [-0.39, 0.29) is 17.4 Å². The minimum absolute atomic E-state index is 0.113. The van der Waals surface area contributed by atoms with Gasteiger partial charge in [-0.05, 0) is 39.0 Å². The number of hydrogen-bond donors (Lipinski definition) is 1. The van der Waals surface area contributed by atoms with Gasteiger partial charge in [-0.25, -0.2) is 0 Å². The summed E-state index contributed by atoms with van der Waals surface area (Å²) in [6, 6.07) is 0. The molecule has 1 spiro atoms. The van der Waals surface area contributed by atoms with Crippen molar-refractivity contribution in [1.29, 1.82) is 0 Å². The molecule has 0 bridgehead atoms. The largest absolute Gasteiger partial charge is 0.392 e. The van der Waals surface area contributed by atoms with E-state index < -0.39 is 0 Å². The van der Waals surface area contributed by atoms with E-state index >= 15 is 0 Å². The predicted octanol–water partition coefficient (Wildman–Crippen LogP) is 3.21. The summed E-state index contributed by atoms with van der Waals surface area (Å²) < 4.78 is 0. The molecule has 0 aromatic carbocycles. The molecular weight excluding hydrogens is 312 g/mol. The number of amides is 1. The maximum absolute atomic E-state index is 13.1. The van der Waals surface area contributed by atoms with E-state index in [4.69, 9.17) is 0 Å². The molecule has 1 aliphatic carbocycles. The van der Waals surface area contributed by atoms with E-state index in [1.54, 1.807) is 0 Å². The van der Waals surface area contributed by atoms with Gasteiger partial charge in [0.15, 0.2) is 0 Å². The Hall–Kier alpha value is -0.870. The molecule has 0 unspecified atom stereocenters. The van der Waals surface area contributed by atoms with Crippen molar-refractivity contribution in [2.45, 2.75) is 70.8 Å². The van der Waals surface area contributed by atoms with Crippen LogP contribution >= 0.6 is 0 Å². The number of carbonyl (C=O) groups excluding carboxylic acids is 1. The number of aliphatic hydroxyl groups is 1. The molecule has 3 rings (SSSR count). The van der Waals surface area contributed by atoms with Crippen LogP contribution in [-0.4, -0.2) is 59.6 Å². The van der Waals surface area contributed by atoms with Crippen LogP contribution in [0.1, 0.15) is 64.7 Å². The Balaban J connectivity index is 1.66. The molecule has 1 saturated carbocycles. The van der Waals surface area contributed by atoms with Crippen molar-refractivity contribution in [3.05, 3.63) is 12.2 Å². The van der Waals surface area contributed by atoms with Crippen LogP contribution in [0.15, 0.2) is 12.2 Å². The van der Waals surface area contributed by atoms with Gasteiger partial charge in [0.2, 0.25) is 5.91 Å². The summed E-state index contributed by atoms with van der Waals surface area (Å²) in [5.41, 5.74) is -0.113. The van der Waals surface area contributed by atoms with E-state index in [1.165, 1.54) is 25.7 Å². The second kappa shape index (κ2) is 8.68. The van der Waals surface area contributed by atoms with E-state index in [1.807, 2.05) is 0 Å². The zero-order chi connectivity index (χ0) is 17.7. The zero-order valence-corrected chi connectivity index (χ0v) is 16.0. The zero-order valence-electron chi connectivity index (χ0n) is 16.0. The summed E-state index contributed by atoms with van der Waals surface area (Å²) >= 11 is 0. The second-order valence-corrected chi connectivity index (χ2v) is 8.52. The molecule has 2 saturated heterocycles. The van der Waals surface area contributed by atoms with E-state index in [0.29, 0.717) is 5.91 Å². The lowest BCUT2D eigenvalue weighted by atomic mass is 9.71. The van der Waals surface area contributed by atoms with Crippen LogP contribution in [0.3, 0.4) is 0 Å². The molecule has 2 aliphatic heterocycles. The Morgan fingerprint density at radius 3 is 2.56 bits per heavy atom. The summed E-state index contributed by atoms with van der Waals surface area (Å²) in [6.45, 7) is 6.55. The third-order valence-electron chi connectivity index (χ3n) is 6.69. The quantitative estimate of drug-likeness (QED) is 0.629. The molecule has 2 atom stereocenters. The minimum atomic E-state index is -0.265. The number of piperidine rings is 2. The number of nitrogens with zero attached hydrogens (tertiary/aromatic N) is 2. The van der Waals surface area contributed by atoms with E-state index in [2.05, 4.69) is 28.9 Å². The Morgan fingerprint density at radius 1 is 1.08 bits per heavy atom. The molecule has 0 aromatic heterocycles. The average Bonchev–Trinajstić information content (AvgIpc) is 2.92. The summed E-state index contributed by atoms with van der Waals surface area (Å²) in [7, 11) is 0. The highest BCUT2D eigenvalue weighted by molar-refractivity contribution is 5.79. The van der Waals surface area contributed by atoms with Gasteiger partial charge in [-0.2, -0.15) is 0 Å². The Kier molecular flexibility index (Phi) is 6.56. The smallest absolute Gasteiger partial charge is 0.225 e. The molecule has 3 aliphatic rings. The van der Waals surface area contributed by atoms with Gasteiger partial charge in [-0.3, -0.25) is 9.69 Å². The van der Waals surface area contributed by atoms with Gasteiger partial charge in [-0.1, -0.05) is 37.8 Å². The fourth-order valence-electron chi connectivity index (χ4n) is 5.18. The molecule has 0 aromatic rings. The second-order valence-electron chi connectivity index (χ2n) is 8.52. The molecule has 2 heterocycles. The molecule has 1 N–H and O–H groups in total. The number of rotatable bonds is 3. The van der Waals surface area contributed by atoms with Gasteiger partial charge < -0.3 is 10.0 Å². The molecule has 4 heteroatoms. The SMILES string of the molecule is C/C=C/CN1CC[C@@H](O)[C@]2(CCCN(C(=O)C3CCCCCC3)C2)C1. The molecule has 142 valence electrons. The summed E-state index contributed by atoms with van der Waals surface area (Å²) in [4.78, 5) is 17.7. The first kappa shape index (κ1) is 18.9. The van der Waals surface area contributed by atoms with Crippen molar-refractivity contribution in [3.8, 4) is 0 Å². The number of aliphatic hydroxyl groups excluding tert-OH is 1. The van der Waals surface area contributed by atoms with Gasteiger partial charge in [-0.15, -0.1) is 0 Å². The highest BCUT2D eigenvalue weighted by Crippen LogP contribution is 2.39. The van der Waals surface area contributed by atoms with Crippen LogP contribution in [-0.2, 0) is 4.79 Å². The third kappa shape index (κ3) is 4.46. The highest BCUT2D eigenvalue weighted by atomic mass is 16.3. The molecule has 3 fully saturated rings. The van der Waals surface area contributed by atoms with Crippen molar-refractivity contribution in [2.75, 3.05) is 32.7 Å². The van der Waals surface area contributed by atoms with Crippen molar-refractivity contribution >= 4 is 5.91 Å². The van der Waals surface area contributed by atoms with Crippen LogP contribution in [0.5, 0.6) is 0 Å². The molecule has 4 nitrogen and oxygen atoms in total.